The van der Waals surface area contributed by atoms with Crippen molar-refractivity contribution in [1.82, 2.24) is 0 Å². The minimum absolute atomic E-state index is 0. The van der Waals surface area contributed by atoms with Crippen LogP contribution in [0.3, 0.4) is 0 Å². The Morgan fingerprint density at radius 1 is 0.750 bits per heavy atom. The van der Waals surface area contributed by atoms with Crippen molar-refractivity contribution in [1.29, 1.82) is 0 Å². The normalized spacial score (nSPS) is 7.75. The zero-order chi connectivity index (χ0) is 6.95. The standard InChI is InChI=1S/C8H20Si.3ClH/c1-2-3-4-5-6-7-8-9;;;/h2-8H2,1,9H3;3*1H. The van der Waals surface area contributed by atoms with Gasteiger partial charge in [0.25, 0.3) is 0 Å². The Bertz CT molecular complexity index is 47.6. The number of hydrogen-bond acceptors (Lipinski definition) is 0. The maximum atomic E-state index is 2.27. The molecular weight excluding hydrogens is 231 g/mol. The van der Waals surface area contributed by atoms with E-state index in [-0.39, 0.29) is 37.2 Å². The van der Waals surface area contributed by atoms with E-state index < -0.39 is 0 Å². The average Bonchev–Trinajstić information content (AvgIpc) is 1.89. The zero-order valence-electron chi connectivity index (χ0n) is 8.17. The molecule has 80 valence electrons. The first-order chi connectivity index (χ1) is 4.41. The SMILES string of the molecule is CCCCCCCC[SiH3].Cl.Cl.Cl. The van der Waals surface area contributed by atoms with Crippen LogP contribution >= 0.6 is 37.2 Å². The first kappa shape index (κ1) is 23.2. The highest BCUT2D eigenvalue weighted by atomic mass is 35.5. The van der Waals surface area contributed by atoms with Crippen molar-refractivity contribution in [2.24, 2.45) is 0 Å². The van der Waals surface area contributed by atoms with Crippen LogP contribution in [0.15, 0.2) is 0 Å². The van der Waals surface area contributed by atoms with E-state index in [0.717, 1.165) is 0 Å². The molecule has 0 radical (unpaired) electrons. The molecule has 0 bridgehead atoms. The first-order valence-corrected chi connectivity index (χ1v) is 5.83. The maximum Gasteiger partial charge on any atom is 0.00279 e. The molecule has 12 heavy (non-hydrogen) atoms. The Morgan fingerprint density at radius 2 is 1.17 bits per heavy atom. The van der Waals surface area contributed by atoms with Gasteiger partial charge in [-0.15, -0.1) is 37.2 Å². The van der Waals surface area contributed by atoms with E-state index in [9.17, 15) is 0 Å². The molecule has 0 aliphatic heterocycles. The third-order valence-corrected chi connectivity index (χ3v) is 2.41. The van der Waals surface area contributed by atoms with Gasteiger partial charge in [0.05, 0.1) is 0 Å². The summed E-state index contributed by atoms with van der Waals surface area (Å²) in [7, 11) is 1.41. The van der Waals surface area contributed by atoms with Gasteiger partial charge in [-0.1, -0.05) is 51.5 Å². The van der Waals surface area contributed by atoms with Crippen LogP contribution in [0.4, 0.5) is 0 Å². The molecule has 0 aromatic rings. The van der Waals surface area contributed by atoms with E-state index >= 15 is 0 Å². The van der Waals surface area contributed by atoms with Crippen molar-refractivity contribution < 1.29 is 0 Å². The third-order valence-electron chi connectivity index (χ3n) is 1.71. The lowest BCUT2D eigenvalue weighted by Gasteiger charge is -1.96. The monoisotopic (exact) mass is 252 g/mol. The molecule has 4 heteroatoms. The Morgan fingerprint density at radius 3 is 1.58 bits per heavy atom. The molecule has 0 aliphatic rings. The van der Waals surface area contributed by atoms with Gasteiger partial charge in [0, 0.05) is 10.2 Å². The summed E-state index contributed by atoms with van der Waals surface area (Å²) in [5.74, 6) is 0. The van der Waals surface area contributed by atoms with Crippen molar-refractivity contribution in [3.63, 3.8) is 0 Å². The van der Waals surface area contributed by atoms with E-state index in [2.05, 4.69) is 6.92 Å². The van der Waals surface area contributed by atoms with Crippen LogP contribution in [-0.2, 0) is 0 Å². The van der Waals surface area contributed by atoms with Crippen molar-refractivity contribution >= 4 is 47.5 Å². The van der Waals surface area contributed by atoms with Gasteiger partial charge in [-0.05, 0) is 0 Å². The van der Waals surface area contributed by atoms with Gasteiger partial charge in [-0.2, -0.15) is 0 Å². The lowest BCUT2D eigenvalue weighted by atomic mass is 10.1. The topological polar surface area (TPSA) is 0 Å². The van der Waals surface area contributed by atoms with Crippen LogP contribution in [0.1, 0.15) is 45.4 Å². The Hall–Kier alpha value is 1.09. The van der Waals surface area contributed by atoms with E-state index in [1.165, 1.54) is 54.8 Å². The smallest absolute Gasteiger partial charge is 0.00279 e. The number of hydrogen-bond donors (Lipinski definition) is 0. The summed E-state index contributed by atoms with van der Waals surface area (Å²) in [5, 5.41) is 0. The molecule has 0 amide bonds. The zero-order valence-corrected chi connectivity index (χ0v) is 12.6. The molecule has 0 atom stereocenters. The molecule has 0 nitrogen and oxygen atoms in total. The highest BCUT2D eigenvalue weighted by molar-refractivity contribution is 6.08. The van der Waals surface area contributed by atoms with Crippen molar-refractivity contribution in [3.8, 4) is 0 Å². The molecule has 0 aromatic heterocycles. The van der Waals surface area contributed by atoms with Crippen molar-refractivity contribution in [2.75, 3.05) is 0 Å². The number of halogens is 3. The molecule has 0 aliphatic carbocycles. The van der Waals surface area contributed by atoms with Crippen molar-refractivity contribution in [3.05, 3.63) is 0 Å². The summed E-state index contributed by atoms with van der Waals surface area (Å²) in [5.41, 5.74) is 0. The lowest BCUT2D eigenvalue weighted by molar-refractivity contribution is 0.624. The molecule has 0 N–H and O–H groups in total. The second-order valence-electron chi connectivity index (χ2n) is 2.77. The molecular formula is C8H23Cl3Si. The summed E-state index contributed by atoms with van der Waals surface area (Å²) < 4.78 is 0. The minimum Gasteiger partial charge on any atom is -0.147 e. The van der Waals surface area contributed by atoms with Crippen LogP contribution in [0.2, 0.25) is 6.04 Å². The van der Waals surface area contributed by atoms with Gasteiger partial charge in [0.15, 0.2) is 0 Å². The molecule has 0 rings (SSSR count). The fourth-order valence-corrected chi connectivity index (χ4v) is 1.53. The van der Waals surface area contributed by atoms with Crippen LogP contribution in [0, 0.1) is 0 Å². The van der Waals surface area contributed by atoms with Gasteiger partial charge in [-0.3, -0.25) is 0 Å². The Balaban J connectivity index is -0.000000107. The predicted octanol–water partition coefficient (Wildman–Crippen LogP) is 3.40. The Kier molecular flexibility index (Phi) is 43.8. The summed E-state index contributed by atoms with van der Waals surface area (Å²) in [6.45, 7) is 2.27. The number of rotatable bonds is 6. The van der Waals surface area contributed by atoms with E-state index in [0.29, 0.717) is 0 Å². The van der Waals surface area contributed by atoms with Crippen LogP contribution < -0.4 is 0 Å². The highest BCUT2D eigenvalue weighted by Gasteiger charge is 1.85. The van der Waals surface area contributed by atoms with Gasteiger partial charge >= 0.3 is 0 Å². The average molecular weight is 254 g/mol. The predicted molar refractivity (Wildman–Crippen MR) is 69.9 cm³/mol. The first-order valence-electron chi connectivity index (χ1n) is 4.41. The quantitative estimate of drug-likeness (QED) is 0.503. The fraction of sp³-hybridized carbons (Fsp3) is 1.00. The fourth-order valence-electron chi connectivity index (χ4n) is 1.03. The molecule has 0 saturated heterocycles. The molecule has 0 unspecified atom stereocenters. The van der Waals surface area contributed by atoms with Crippen molar-refractivity contribution in [2.45, 2.75) is 51.5 Å². The highest BCUT2D eigenvalue weighted by Crippen LogP contribution is 2.05. The van der Waals surface area contributed by atoms with Crippen LogP contribution in [0.25, 0.3) is 0 Å². The van der Waals surface area contributed by atoms with E-state index in [4.69, 9.17) is 0 Å². The van der Waals surface area contributed by atoms with E-state index in [1.54, 1.807) is 0 Å². The summed E-state index contributed by atoms with van der Waals surface area (Å²) in [6, 6.07) is 1.51. The molecule has 0 spiro atoms. The van der Waals surface area contributed by atoms with Gasteiger partial charge in [0.1, 0.15) is 0 Å². The van der Waals surface area contributed by atoms with Crippen LogP contribution in [0.5, 0.6) is 0 Å². The summed E-state index contributed by atoms with van der Waals surface area (Å²) in [6.07, 6.45) is 8.76. The lowest BCUT2D eigenvalue weighted by Crippen LogP contribution is -1.77. The molecule has 0 heterocycles. The number of unbranched alkanes of at least 4 members (excludes halogenated alkanes) is 5. The van der Waals surface area contributed by atoms with E-state index in [1.807, 2.05) is 0 Å². The van der Waals surface area contributed by atoms with Crippen LogP contribution in [-0.4, -0.2) is 10.2 Å². The molecule has 0 aromatic carbocycles. The largest absolute Gasteiger partial charge is 0.147 e. The third kappa shape index (κ3) is 22.5. The Labute approximate surface area is 98.9 Å². The summed E-state index contributed by atoms with van der Waals surface area (Å²) in [4.78, 5) is 0. The van der Waals surface area contributed by atoms with Gasteiger partial charge in [0.2, 0.25) is 0 Å². The molecule has 0 saturated carbocycles. The van der Waals surface area contributed by atoms with Gasteiger partial charge < -0.3 is 0 Å². The molecule has 0 fully saturated rings. The minimum atomic E-state index is 0. The summed E-state index contributed by atoms with van der Waals surface area (Å²) >= 11 is 0. The maximum absolute atomic E-state index is 2.27. The second kappa shape index (κ2) is 22.7. The van der Waals surface area contributed by atoms with Gasteiger partial charge in [-0.25, -0.2) is 0 Å². The second-order valence-corrected chi connectivity index (χ2v) is 3.77.